The molecule has 0 spiro atoms. The molecule has 0 saturated heterocycles. The molecule has 2 aromatic heterocycles. The van der Waals surface area contributed by atoms with Crippen LogP contribution < -0.4 is 20.5 Å². The summed E-state index contributed by atoms with van der Waals surface area (Å²) in [4.78, 5) is 9.32. The van der Waals surface area contributed by atoms with Crippen LogP contribution in [0.15, 0.2) is 54.7 Å². The predicted octanol–water partition coefficient (Wildman–Crippen LogP) is 5.35. The van der Waals surface area contributed by atoms with Crippen LogP contribution in [0, 0.1) is 5.82 Å². The Kier molecular flexibility index (Phi) is 8.01. The number of aromatic nitrogens is 3. The predicted molar refractivity (Wildman–Crippen MR) is 161 cm³/mol. The Balaban J connectivity index is 1.51. The molecule has 216 valence electrons. The summed E-state index contributed by atoms with van der Waals surface area (Å²) in [6.07, 6.45) is 6.75. The van der Waals surface area contributed by atoms with Crippen LogP contribution in [-0.2, 0) is 15.8 Å². The van der Waals surface area contributed by atoms with Crippen LogP contribution in [-0.4, -0.2) is 43.0 Å². The van der Waals surface area contributed by atoms with Gasteiger partial charge in [-0.05, 0) is 67.8 Å². The molecule has 0 bridgehead atoms. The van der Waals surface area contributed by atoms with Gasteiger partial charge in [-0.3, -0.25) is 9.12 Å². The van der Waals surface area contributed by atoms with Crippen LogP contribution in [0.25, 0.3) is 22.3 Å². The molecule has 1 aliphatic rings. The van der Waals surface area contributed by atoms with Crippen molar-refractivity contribution in [3.8, 4) is 17.0 Å². The summed E-state index contributed by atoms with van der Waals surface area (Å²) in [7, 11) is -0.328. The first-order valence-electron chi connectivity index (χ1n) is 13.6. The third-order valence-electron chi connectivity index (χ3n) is 7.37. The maximum Gasteiger partial charge on any atom is 0.236 e. The van der Waals surface area contributed by atoms with Gasteiger partial charge in [-0.15, -0.1) is 0 Å². The van der Waals surface area contributed by atoms with Crippen LogP contribution in [0.4, 0.5) is 15.9 Å². The quantitative estimate of drug-likeness (QED) is 0.245. The number of rotatable bonds is 9. The summed E-state index contributed by atoms with van der Waals surface area (Å²) in [6.45, 7) is 4.06. The largest absolute Gasteiger partial charge is 0.497 e. The maximum absolute atomic E-state index is 15.7. The van der Waals surface area contributed by atoms with E-state index in [1.54, 1.807) is 30.5 Å². The van der Waals surface area contributed by atoms with E-state index in [1.165, 1.54) is 19.2 Å². The molecule has 4 aromatic rings. The number of allylic oxidation sites excluding steroid dienone is 1. The van der Waals surface area contributed by atoms with Crippen molar-refractivity contribution in [1.29, 1.82) is 0 Å². The molecular weight excluding hydrogens is 543 g/mol. The highest BCUT2D eigenvalue weighted by Crippen LogP contribution is 2.37. The molecule has 9 nitrogen and oxygen atoms in total. The van der Waals surface area contributed by atoms with Gasteiger partial charge in [-0.25, -0.2) is 22.8 Å². The molecule has 2 aromatic carbocycles. The van der Waals surface area contributed by atoms with Gasteiger partial charge in [0.15, 0.2) is 0 Å². The Morgan fingerprint density at radius 3 is 2.68 bits per heavy atom. The Bertz CT molecular complexity index is 1730. The van der Waals surface area contributed by atoms with Gasteiger partial charge < -0.3 is 15.8 Å². The zero-order valence-corrected chi connectivity index (χ0v) is 24.4. The van der Waals surface area contributed by atoms with Crippen molar-refractivity contribution in [2.75, 3.05) is 24.6 Å². The topological polar surface area (TPSA) is 124 Å². The van der Waals surface area contributed by atoms with Gasteiger partial charge in [0.05, 0.1) is 30.4 Å². The van der Waals surface area contributed by atoms with Crippen molar-refractivity contribution in [2.45, 2.75) is 50.8 Å². The molecule has 2 heterocycles. The minimum absolute atomic E-state index is 0.0248. The lowest BCUT2D eigenvalue weighted by Gasteiger charge is -2.22. The molecule has 4 N–H and O–H groups in total. The maximum atomic E-state index is 15.7. The zero-order valence-electron chi connectivity index (χ0n) is 23.6. The van der Waals surface area contributed by atoms with Gasteiger partial charge in [0.2, 0.25) is 10.0 Å². The minimum atomic E-state index is -3.81. The number of ether oxygens (including phenoxy) is 1. The van der Waals surface area contributed by atoms with Crippen molar-refractivity contribution in [1.82, 2.24) is 19.7 Å². The molecule has 1 unspecified atom stereocenters. The molecule has 1 aliphatic carbocycles. The number of imidazole rings is 1. The van der Waals surface area contributed by atoms with Gasteiger partial charge in [0.1, 0.15) is 34.4 Å². The number of fused-ring (bicyclic) bond motifs is 1. The Hall–Kier alpha value is -3.96. The fraction of sp³-hybridized carbons (Fsp3) is 0.333. The lowest BCUT2D eigenvalue weighted by molar-refractivity contribution is 0.414. The number of nitrogens with two attached hydrogens (primary N) is 1. The van der Waals surface area contributed by atoms with Crippen molar-refractivity contribution in [3.63, 3.8) is 0 Å². The number of nitrogen functional groups attached to an aromatic ring is 1. The zero-order chi connectivity index (χ0) is 29.3. The number of sulfonamides is 1. The number of nitrogens with zero attached hydrogens (tertiary/aromatic N) is 3. The third kappa shape index (κ3) is 5.91. The van der Waals surface area contributed by atoms with Crippen molar-refractivity contribution < 1.29 is 17.5 Å². The third-order valence-corrected chi connectivity index (χ3v) is 8.63. The van der Waals surface area contributed by atoms with E-state index < -0.39 is 15.8 Å². The summed E-state index contributed by atoms with van der Waals surface area (Å²) in [5.74, 6) is 0.665. The molecule has 0 saturated carbocycles. The number of methoxy groups -OCH3 is 1. The Morgan fingerprint density at radius 2 is 2.02 bits per heavy atom. The average molecular weight is 579 g/mol. The molecule has 0 aliphatic heterocycles. The molecule has 0 fully saturated rings. The smallest absolute Gasteiger partial charge is 0.236 e. The van der Waals surface area contributed by atoms with Gasteiger partial charge in [-0.1, -0.05) is 32.1 Å². The van der Waals surface area contributed by atoms with E-state index in [-0.39, 0.29) is 28.7 Å². The summed E-state index contributed by atoms with van der Waals surface area (Å²) in [5, 5.41) is 3.33. The monoisotopic (exact) mass is 578 g/mol. The van der Waals surface area contributed by atoms with Gasteiger partial charge in [0, 0.05) is 17.5 Å². The van der Waals surface area contributed by atoms with E-state index in [4.69, 9.17) is 15.5 Å². The number of hydrogen-bond acceptors (Lipinski definition) is 7. The summed E-state index contributed by atoms with van der Waals surface area (Å²) >= 11 is 0. The Morgan fingerprint density at radius 1 is 1.22 bits per heavy atom. The second kappa shape index (κ2) is 11.5. The number of benzene rings is 2. The summed E-state index contributed by atoms with van der Waals surface area (Å²) in [6, 6.07) is 11.4. The van der Waals surface area contributed by atoms with E-state index >= 15 is 4.39 Å². The van der Waals surface area contributed by atoms with Crippen molar-refractivity contribution >= 4 is 32.6 Å². The number of halogens is 1. The average Bonchev–Trinajstić information content (AvgIpc) is 3.35. The van der Waals surface area contributed by atoms with Crippen molar-refractivity contribution in [2.24, 2.45) is 0 Å². The second-order valence-electron chi connectivity index (χ2n) is 10.6. The van der Waals surface area contributed by atoms with Crippen LogP contribution in [0.5, 0.6) is 5.75 Å². The standard InChI is InChI=1S/C30H35FN6O3S/c1-18(2)30-35-27(28-29(32)34-16-26(37(28)30)20-8-10-21(33-3)11-9-20)24-13-12-22(15-25(24)31)36-41(38,39)17-19-6-5-7-23(14-19)40-4/h5-8,12-16,18,21,33,36H,9-11,17H2,1-4H3,(H2,32,34). The normalized spacial score (nSPS) is 15.8. The first kappa shape index (κ1) is 28.6. The minimum Gasteiger partial charge on any atom is -0.497 e. The highest BCUT2D eigenvalue weighted by molar-refractivity contribution is 7.91. The second-order valence-corrected chi connectivity index (χ2v) is 12.3. The first-order chi connectivity index (χ1) is 19.6. The van der Waals surface area contributed by atoms with E-state index in [9.17, 15) is 8.42 Å². The van der Waals surface area contributed by atoms with E-state index in [2.05, 4.69) is 21.1 Å². The van der Waals surface area contributed by atoms with Crippen LogP contribution in [0.3, 0.4) is 0 Å². The molecule has 0 amide bonds. The first-order valence-corrected chi connectivity index (χ1v) is 15.2. The summed E-state index contributed by atoms with van der Waals surface area (Å²) < 4.78 is 51.0. The number of hydrogen-bond donors (Lipinski definition) is 3. The fourth-order valence-electron chi connectivity index (χ4n) is 5.27. The molecule has 1 atom stereocenters. The van der Waals surface area contributed by atoms with Crippen LogP contribution in [0.1, 0.15) is 56.1 Å². The van der Waals surface area contributed by atoms with Gasteiger partial charge in [0.25, 0.3) is 0 Å². The molecule has 11 heteroatoms. The van der Waals surface area contributed by atoms with Crippen LogP contribution in [0.2, 0.25) is 0 Å². The highest BCUT2D eigenvalue weighted by Gasteiger charge is 2.25. The van der Waals surface area contributed by atoms with E-state index in [1.807, 2.05) is 25.3 Å². The number of anilines is 2. The van der Waals surface area contributed by atoms with E-state index in [0.717, 1.165) is 42.4 Å². The molecule has 5 rings (SSSR count). The molecule has 0 radical (unpaired) electrons. The van der Waals surface area contributed by atoms with Gasteiger partial charge in [-0.2, -0.15) is 0 Å². The lowest BCUT2D eigenvalue weighted by Crippen LogP contribution is -2.26. The van der Waals surface area contributed by atoms with Crippen molar-refractivity contribution in [3.05, 3.63) is 77.6 Å². The molecule has 41 heavy (non-hydrogen) atoms. The SMILES string of the molecule is CNC1CC=C(c2cnc(N)c3c(-c4ccc(NS(=O)(=O)Cc5cccc(OC)c5)cc4F)nc(C(C)C)n23)CC1. The Labute approximate surface area is 239 Å². The fourth-order valence-corrected chi connectivity index (χ4v) is 6.44. The van der Waals surface area contributed by atoms with Crippen LogP contribution >= 0.6 is 0 Å². The lowest BCUT2D eigenvalue weighted by atomic mass is 9.93. The van der Waals surface area contributed by atoms with E-state index in [0.29, 0.717) is 28.6 Å². The highest BCUT2D eigenvalue weighted by atomic mass is 32.2. The number of nitrogens with one attached hydrogen (secondary N) is 2. The molecular formula is C30H35FN6O3S. The summed E-state index contributed by atoms with van der Waals surface area (Å²) in [5.41, 5.74) is 10.2. The van der Waals surface area contributed by atoms with Gasteiger partial charge >= 0.3 is 0 Å².